The van der Waals surface area contributed by atoms with Crippen molar-refractivity contribution < 1.29 is 0 Å². The van der Waals surface area contributed by atoms with E-state index in [0.29, 0.717) is 17.6 Å². The number of aromatic nitrogens is 5. The summed E-state index contributed by atoms with van der Waals surface area (Å²) in [4.78, 5) is 16.9. The van der Waals surface area contributed by atoms with Crippen molar-refractivity contribution in [3.63, 3.8) is 0 Å². The second-order valence-corrected chi connectivity index (χ2v) is 16.4. The molecule has 0 amide bonds. The van der Waals surface area contributed by atoms with Gasteiger partial charge >= 0.3 is 0 Å². The van der Waals surface area contributed by atoms with Crippen LogP contribution in [0.2, 0.25) is 0 Å². The summed E-state index contributed by atoms with van der Waals surface area (Å²) < 4.78 is 4.61. The molecule has 5 heteroatoms. The smallest absolute Gasteiger partial charge is 0.238 e. The molecule has 0 aliphatic heterocycles. The molecule has 3 aromatic heterocycles. The van der Waals surface area contributed by atoms with E-state index in [1.54, 1.807) is 0 Å². The van der Waals surface area contributed by atoms with Crippen molar-refractivity contribution in [1.82, 2.24) is 24.1 Å². The van der Waals surface area contributed by atoms with Crippen molar-refractivity contribution in [3.05, 3.63) is 247 Å². The van der Waals surface area contributed by atoms with Gasteiger partial charge < -0.3 is 4.57 Å². The van der Waals surface area contributed by atoms with Crippen LogP contribution >= 0.6 is 0 Å². The van der Waals surface area contributed by atoms with Crippen LogP contribution in [0.3, 0.4) is 0 Å². The zero-order valence-corrected chi connectivity index (χ0v) is 34.1. The fraction of sp³-hybridized carbons (Fsp3) is 0.0172. The van der Waals surface area contributed by atoms with Crippen LogP contribution in [0.25, 0.3) is 88.9 Å². The molecule has 12 aromatic rings. The lowest BCUT2D eigenvalue weighted by atomic mass is 9.71. The van der Waals surface area contributed by atoms with Gasteiger partial charge in [0, 0.05) is 32.8 Å². The van der Waals surface area contributed by atoms with E-state index in [9.17, 15) is 0 Å². The molecule has 0 spiro atoms. The maximum absolute atomic E-state index is 5.75. The van der Waals surface area contributed by atoms with Crippen molar-refractivity contribution in [1.29, 1.82) is 0 Å². The number of hydrogen-bond donors (Lipinski definition) is 0. The maximum Gasteiger partial charge on any atom is 0.238 e. The van der Waals surface area contributed by atoms with Gasteiger partial charge in [-0.2, -0.15) is 9.97 Å². The van der Waals surface area contributed by atoms with E-state index >= 15 is 0 Å². The average Bonchev–Trinajstić information content (AvgIpc) is 3.99. The van der Waals surface area contributed by atoms with Crippen LogP contribution in [0.1, 0.15) is 22.5 Å². The molecule has 0 fully saturated rings. The largest absolute Gasteiger partial charge is 0.309 e. The number of rotatable bonds is 6. The van der Waals surface area contributed by atoms with Gasteiger partial charge in [-0.3, -0.25) is 4.57 Å². The predicted molar refractivity (Wildman–Crippen MR) is 257 cm³/mol. The standard InChI is InChI=1S/C58H37N5/c1-3-18-38(19-4-1)39-20-17-21-40(36-39)55-59-56(61-57(60-55)63-52-32-15-10-26-45(52)46-27-11-16-33-53(46)63)58(49-29-12-7-24-43(49)44-25-8-13-30-50(44)58)41-34-35-48-47-28-9-14-31-51(47)62(54(48)37-41)42-22-5-2-6-23-42/h1-37H. The van der Waals surface area contributed by atoms with Gasteiger partial charge in [0.25, 0.3) is 0 Å². The van der Waals surface area contributed by atoms with Crippen LogP contribution in [-0.2, 0) is 5.41 Å². The van der Waals surface area contributed by atoms with Gasteiger partial charge in [0.05, 0.1) is 22.1 Å². The van der Waals surface area contributed by atoms with Crippen molar-refractivity contribution >= 4 is 43.6 Å². The zero-order chi connectivity index (χ0) is 41.5. The molecule has 0 radical (unpaired) electrons. The van der Waals surface area contributed by atoms with E-state index in [1.165, 1.54) is 21.9 Å². The van der Waals surface area contributed by atoms with Crippen LogP contribution in [0, 0.1) is 0 Å². The molecule has 5 nitrogen and oxygen atoms in total. The Labute approximate surface area is 363 Å². The highest BCUT2D eigenvalue weighted by Crippen LogP contribution is 2.56. The summed E-state index contributed by atoms with van der Waals surface area (Å²) in [6, 6.07) is 80.2. The lowest BCUT2D eigenvalue weighted by molar-refractivity contribution is 0.684. The van der Waals surface area contributed by atoms with E-state index in [-0.39, 0.29) is 0 Å². The fourth-order valence-corrected chi connectivity index (χ4v) is 10.3. The van der Waals surface area contributed by atoms with Crippen LogP contribution in [0.15, 0.2) is 224 Å². The van der Waals surface area contributed by atoms with Gasteiger partial charge in [0.15, 0.2) is 11.6 Å². The second-order valence-electron chi connectivity index (χ2n) is 16.4. The first kappa shape index (κ1) is 35.4. The normalized spacial score (nSPS) is 12.9. The summed E-state index contributed by atoms with van der Waals surface area (Å²) >= 11 is 0. The highest BCUT2D eigenvalue weighted by Gasteiger charge is 2.49. The molecular weight excluding hydrogens is 767 g/mol. The Balaban J connectivity index is 1.17. The van der Waals surface area contributed by atoms with Gasteiger partial charge in [-0.05, 0) is 81.4 Å². The minimum atomic E-state index is -0.929. The lowest BCUT2D eigenvalue weighted by Crippen LogP contribution is -2.32. The lowest BCUT2D eigenvalue weighted by Gasteiger charge is -2.32. The number of fused-ring (bicyclic) bond motifs is 9. The Bertz CT molecular complexity index is 3650. The molecule has 294 valence electrons. The van der Waals surface area contributed by atoms with Crippen molar-refractivity contribution in [2.24, 2.45) is 0 Å². The third-order valence-corrected chi connectivity index (χ3v) is 13.0. The monoisotopic (exact) mass is 803 g/mol. The number of nitrogens with zero attached hydrogens (tertiary/aromatic N) is 5. The quantitative estimate of drug-likeness (QED) is 0.168. The van der Waals surface area contributed by atoms with Gasteiger partial charge in [-0.15, -0.1) is 0 Å². The first-order valence-electron chi connectivity index (χ1n) is 21.5. The minimum Gasteiger partial charge on any atom is -0.309 e. The highest BCUT2D eigenvalue weighted by atomic mass is 15.2. The molecule has 1 aliphatic rings. The Hall–Kier alpha value is -8.41. The predicted octanol–water partition coefficient (Wildman–Crippen LogP) is 13.8. The van der Waals surface area contributed by atoms with E-state index < -0.39 is 5.41 Å². The zero-order valence-electron chi connectivity index (χ0n) is 34.1. The van der Waals surface area contributed by atoms with Crippen molar-refractivity contribution in [3.8, 4) is 45.3 Å². The molecule has 0 saturated heterocycles. The maximum atomic E-state index is 5.75. The van der Waals surface area contributed by atoms with Gasteiger partial charge in [-0.25, -0.2) is 4.98 Å². The summed E-state index contributed by atoms with van der Waals surface area (Å²) in [7, 11) is 0. The summed E-state index contributed by atoms with van der Waals surface area (Å²) in [5.41, 5.74) is 13.4. The second kappa shape index (κ2) is 13.8. The summed E-state index contributed by atoms with van der Waals surface area (Å²) in [5, 5.41) is 4.69. The number of benzene rings is 9. The third kappa shape index (κ3) is 5.20. The summed E-state index contributed by atoms with van der Waals surface area (Å²) in [5.74, 6) is 1.84. The van der Waals surface area contributed by atoms with E-state index in [1.807, 2.05) is 0 Å². The number of hydrogen-bond acceptors (Lipinski definition) is 3. The Morgan fingerprint density at radius 3 is 1.49 bits per heavy atom. The molecule has 0 N–H and O–H groups in total. The van der Waals surface area contributed by atoms with Crippen molar-refractivity contribution in [2.75, 3.05) is 0 Å². The Kier molecular flexibility index (Phi) is 7.75. The average molecular weight is 804 g/mol. The van der Waals surface area contributed by atoms with Gasteiger partial charge in [0.1, 0.15) is 5.41 Å². The van der Waals surface area contributed by atoms with Gasteiger partial charge in [-0.1, -0.05) is 182 Å². The first-order chi connectivity index (χ1) is 31.3. The Morgan fingerprint density at radius 2 is 0.841 bits per heavy atom. The fourth-order valence-electron chi connectivity index (χ4n) is 10.3. The summed E-state index contributed by atoms with van der Waals surface area (Å²) in [6.45, 7) is 0. The van der Waals surface area contributed by atoms with Crippen molar-refractivity contribution in [2.45, 2.75) is 5.41 Å². The third-order valence-electron chi connectivity index (χ3n) is 13.0. The first-order valence-corrected chi connectivity index (χ1v) is 21.5. The summed E-state index contributed by atoms with van der Waals surface area (Å²) in [6.07, 6.45) is 0. The topological polar surface area (TPSA) is 48.5 Å². The minimum absolute atomic E-state index is 0.568. The molecule has 0 atom stereocenters. The van der Waals surface area contributed by atoms with Crippen LogP contribution in [0.4, 0.5) is 0 Å². The molecule has 63 heavy (non-hydrogen) atoms. The molecule has 0 bridgehead atoms. The SMILES string of the molecule is c1ccc(-c2cccc(-c3nc(-n4c5ccccc5c5ccccc54)nc(C4(c5ccc6c7ccccc7n(-c7ccccc7)c6c5)c5ccccc5-c5ccccc54)n3)c2)cc1. The van der Waals surface area contributed by atoms with Crippen LogP contribution < -0.4 is 0 Å². The van der Waals surface area contributed by atoms with E-state index in [4.69, 9.17) is 15.0 Å². The van der Waals surface area contributed by atoms with Gasteiger partial charge in [0.2, 0.25) is 5.95 Å². The van der Waals surface area contributed by atoms with Crippen LogP contribution in [-0.4, -0.2) is 24.1 Å². The van der Waals surface area contributed by atoms with E-state index in [2.05, 4.69) is 234 Å². The molecule has 3 heterocycles. The Morgan fingerprint density at radius 1 is 0.333 bits per heavy atom. The molecule has 0 saturated carbocycles. The number of para-hydroxylation sites is 4. The molecular formula is C58H37N5. The molecule has 9 aromatic carbocycles. The molecule has 1 aliphatic carbocycles. The highest BCUT2D eigenvalue weighted by molar-refractivity contribution is 6.10. The van der Waals surface area contributed by atoms with E-state index in [0.717, 1.165) is 71.9 Å². The molecule has 0 unspecified atom stereocenters. The molecule has 13 rings (SSSR count). The van der Waals surface area contributed by atoms with Crippen LogP contribution in [0.5, 0.6) is 0 Å².